The van der Waals surface area contributed by atoms with Crippen molar-refractivity contribution in [2.45, 2.75) is 44.1 Å². The second-order valence-electron chi connectivity index (χ2n) is 7.17. The molecule has 2 aromatic rings. The SMILES string of the molecule is CC1(C(Br)(Br)OC(Br)(Br)C2(C)OC2c2ccccc2)OC1c1ccccc1. The molecule has 0 aliphatic carbocycles. The summed E-state index contributed by atoms with van der Waals surface area (Å²) in [5.74, 6) is 0. The molecule has 0 aromatic heterocycles. The Bertz CT molecular complexity index is 760. The fourth-order valence-corrected chi connectivity index (χ4v) is 6.30. The maximum Gasteiger partial charge on any atom is 0.211 e. The number of benzene rings is 2. The minimum atomic E-state index is -0.934. The average Bonchev–Trinajstić information content (AvgIpc) is 3.52. The normalized spacial score (nSPS) is 33.0. The van der Waals surface area contributed by atoms with Gasteiger partial charge in [-0.15, -0.1) is 0 Å². The van der Waals surface area contributed by atoms with Crippen molar-refractivity contribution in [2.75, 3.05) is 0 Å². The van der Waals surface area contributed by atoms with Crippen molar-refractivity contribution >= 4 is 63.7 Å². The van der Waals surface area contributed by atoms with Crippen molar-refractivity contribution < 1.29 is 14.2 Å². The molecule has 2 aliphatic rings. The fraction of sp³-hybridized carbons (Fsp3) is 0.400. The van der Waals surface area contributed by atoms with Crippen LogP contribution < -0.4 is 0 Å². The number of ether oxygens (including phenoxy) is 3. The van der Waals surface area contributed by atoms with E-state index in [-0.39, 0.29) is 12.2 Å². The highest BCUT2D eigenvalue weighted by Gasteiger charge is 2.72. The number of alkyl halides is 4. The molecule has 2 aliphatic heterocycles. The minimum absolute atomic E-state index is 0.0777. The molecule has 4 atom stereocenters. The minimum Gasteiger partial charge on any atom is -0.356 e. The Morgan fingerprint density at radius 2 is 1.04 bits per heavy atom. The van der Waals surface area contributed by atoms with Crippen molar-refractivity contribution in [3.8, 4) is 0 Å². The van der Waals surface area contributed by atoms with Gasteiger partial charge in [0.1, 0.15) is 23.4 Å². The summed E-state index contributed by atoms with van der Waals surface area (Å²) in [5.41, 5.74) is 1.04. The molecule has 2 heterocycles. The molecule has 0 saturated carbocycles. The van der Waals surface area contributed by atoms with Gasteiger partial charge in [0.05, 0.1) is 0 Å². The van der Waals surface area contributed by atoms with Gasteiger partial charge >= 0.3 is 0 Å². The third kappa shape index (κ3) is 3.51. The van der Waals surface area contributed by atoms with Crippen molar-refractivity contribution in [2.24, 2.45) is 0 Å². The molecular weight excluding hydrogens is 608 g/mol. The summed E-state index contributed by atoms with van der Waals surface area (Å²) in [7, 11) is 0. The van der Waals surface area contributed by atoms with Crippen LogP contribution in [0, 0.1) is 0 Å². The molecule has 0 spiro atoms. The molecule has 2 aromatic carbocycles. The quantitative estimate of drug-likeness (QED) is 0.257. The maximum atomic E-state index is 6.40. The first-order valence-electron chi connectivity index (χ1n) is 8.52. The first kappa shape index (κ1) is 20.5. The van der Waals surface area contributed by atoms with Crippen LogP contribution in [0.1, 0.15) is 37.2 Å². The lowest BCUT2D eigenvalue weighted by molar-refractivity contribution is -0.0123. The van der Waals surface area contributed by atoms with Gasteiger partial charge in [0.25, 0.3) is 0 Å². The van der Waals surface area contributed by atoms with E-state index in [4.69, 9.17) is 14.2 Å². The Morgan fingerprint density at radius 1 is 0.704 bits per heavy atom. The summed E-state index contributed by atoms with van der Waals surface area (Å²) in [6.45, 7) is 4.02. The summed E-state index contributed by atoms with van der Waals surface area (Å²) in [6.07, 6.45) is -0.155. The number of epoxide rings is 2. The highest BCUT2D eigenvalue weighted by molar-refractivity contribution is 9.26. The van der Waals surface area contributed by atoms with Crippen LogP contribution in [0.3, 0.4) is 0 Å². The Balaban J connectivity index is 1.51. The molecule has 7 heteroatoms. The van der Waals surface area contributed by atoms with Gasteiger partial charge in [0, 0.05) is 0 Å². The van der Waals surface area contributed by atoms with Gasteiger partial charge in [0.2, 0.25) is 6.84 Å². The van der Waals surface area contributed by atoms with Gasteiger partial charge in [-0.3, -0.25) is 0 Å². The Labute approximate surface area is 192 Å². The molecule has 27 heavy (non-hydrogen) atoms. The third-order valence-electron chi connectivity index (χ3n) is 5.23. The molecular formula is C20H18Br4O3. The largest absolute Gasteiger partial charge is 0.356 e. The lowest BCUT2D eigenvalue weighted by Crippen LogP contribution is -2.45. The lowest BCUT2D eigenvalue weighted by atomic mass is 10.0. The topological polar surface area (TPSA) is 34.3 Å². The third-order valence-corrected chi connectivity index (χ3v) is 9.02. The van der Waals surface area contributed by atoms with Crippen molar-refractivity contribution in [3.63, 3.8) is 0 Å². The van der Waals surface area contributed by atoms with Gasteiger partial charge in [-0.2, -0.15) is 0 Å². The summed E-state index contributed by atoms with van der Waals surface area (Å²) in [4.78, 5) is 0. The molecule has 3 nitrogen and oxygen atoms in total. The standard InChI is InChI=1S/C20H18Br4O3/c1-17(15(25-17)13-9-5-3-6-10-13)19(21,22)27-20(23,24)18(2)16(26-18)14-11-7-4-8-12-14/h3-12,15-16H,1-2H3. The second-order valence-corrected chi connectivity index (χ2v) is 13.8. The molecule has 2 saturated heterocycles. The van der Waals surface area contributed by atoms with Crippen LogP contribution >= 0.6 is 63.7 Å². The van der Waals surface area contributed by atoms with Crippen LogP contribution in [0.25, 0.3) is 0 Å². The lowest BCUT2D eigenvalue weighted by Gasteiger charge is -2.35. The van der Waals surface area contributed by atoms with E-state index >= 15 is 0 Å². The summed E-state index contributed by atoms with van der Waals surface area (Å²) < 4.78 is 16.6. The second kappa shape index (κ2) is 6.89. The van der Waals surface area contributed by atoms with Gasteiger partial charge in [0.15, 0.2) is 0 Å². The van der Waals surface area contributed by atoms with E-state index in [1.54, 1.807) is 0 Å². The predicted molar refractivity (Wildman–Crippen MR) is 120 cm³/mol. The van der Waals surface area contributed by atoms with Crippen LogP contribution in [0.5, 0.6) is 0 Å². The average molecular weight is 626 g/mol. The molecule has 2 fully saturated rings. The first-order chi connectivity index (χ1) is 12.6. The fourth-order valence-electron chi connectivity index (χ4n) is 3.26. The van der Waals surface area contributed by atoms with E-state index in [2.05, 4.69) is 88.0 Å². The van der Waals surface area contributed by atoms with E-state index in [0.29, 0.717) is 0 Å². The molecule has 0 bridgehead atoms. The Hall–Kier alpha value is 0.240. The zero-order valence-corrected chi connectivity index (χ0v) is 21.0. The van der Waals surface area contributed by atoms with Crippen LogP contribution in [-0.2, 0) is 14.2 Å². The van der Waals surface area contributed by atoms with E-state index in [1.807, 2.05) is 50.2 Å². The smallest absolute Gasteiger partial charge is 0.211 e. The van der Waals surface area contributed by atoms with E-state index in [0.717, 1.165) is 11.1 Å². The molecule has 0 radical (unpaired) electrons. The monoisotopic (exact) mass is 622 g/mol. The maximum absolute atomic E-state index is 6.40. The van der Waals surface area contributed by atoms with E-state index in [1.165, 1.54) is 0 Å². The number of hydrogen-bond acceptors (Lipinski definition) is 3. The van der Waals surface area contributed by atoms with Gasteiger partial charge < -0.3 is 14.2 Å². The van der Waals surface area contributed by atoms with Crippen molar-refractivity contribution in [3.05, 3.63) is 71.8 Å². The number of hydrogen-bond donors (Lipinski definition) is 0. The van der Waals surface area contributed by atoms with Gasteiger partial charge in [-0.05, 0) is 88.7 Å². The van der Waals surface area contributed by atoms with Gasteiger partial charge in [-0.25, -0.2) is 0 Å². The summed E-state index contributed by atoms with van der Waals surface area (Å²) in [6, 6.07) is 20.2. The van der Waals surface area contributed by atoms with Crippen molar-refractivity contribution in [1.29, 1.82) is 0 Å². The molecule has 4 rings (SSSR count). The predicted octanol–water partition coefficient (Wildman–Crippen LogP) is 6.95. The first-order valence-corrected chi connectivity index (χ1v) is 11.7. The summed E-state index contributed by atoms with van der Waals surface area (Å²) in [5, 5.41) is 0. The molecule has 0 N–H and O–H groups in total. The highest BCUT2D eigenvalue weighted by atomic mass is 79.9. The van der Waals surface area contributed by atoms with Crippen LogP contribution in [0.4, 0.5) is 0 Å². The number of rotatable bonds is 6. The Kier molecular flexibility index (Phi) is 5.24. The van der Waals surface area contributed by atoms with E-state index in [9.17, 15) is 0 Å². The summed E-state index contributed by atoms with van der Waals surface area (Å²) >= 11 is 14.8. The van der Waals surface area contributed by atoms with E-state index < -0.39 is 18.0 Å². The zero-order valence-electron chi connectivity index (χ0n) is 14.7. The number of halogens is 4. The highest BCUT2D eigenvalue weighted by Crippen LogP contribution is 2.67. The zero-order chi connectivity index (χ0) is 19.5. The molecule has 4 unspecified atom stereocenters. The van der Waals surface area contributed by atoms with Crippen LogP contribution in [0.15, 0.2) is 60.7 Å². The Morgan fingerprint density at radius 3 is 1.37 bits per heavy atom. The van der Waals surface area contributed by atoms with Gasteiger partial charge in [-0.1, -0.05) is 60.7 Å². The van der Waals surface area contributed by atoms with Crippen molar-refractivity contribution in [1.82, 2.24) is 0 Å². The molecule has 0 amide bonds. The molecule has 144 valence electrons. The van der Waals surface area contributed by atoms with Crippen LogP contribution in [0.2, 0.25) is 0 Å². The van der Waals surface area contributed by atoms with Crippen LogP contribution in [-0.4, -0.2) is 18.0 Å².